The fourth-order valence-electron chi connectivity index (χ4n) is 3.67. The molecule has 0 saturated heterocycles. The van der Waals surface area contributed by atoms with Crippen LogP contribution in [-0.2, 0) is 32.6 Å². The number of para-hydroxylation sites is 1. The minimum atomic E-state index is -3.74. The Hall–Kier alpha value is -2.87. The van der Waals surface area contributed by atoms with E-state index in [1.165, 1.54) is 4.90 Å². The molecule has 0 aromatic heterocycles. The van der Waals surface area contributed by atoms with E-state index < -0.39 is 22.0 Å². The van der Waals surface area contributed by atoms with Gasteiger partial charge in [-0.25, -0.2) is 8.42 Å². The predicted molar refractivity (Wildman–Crippen MR) is 137 cm³/mol. The summed E-state index contributed by atoms with van der Waals surface area (Å²) in [5.41, 5.74) is 3.20. The lowest BCUT2D eigenvalue weighted by atomic mass is 10.1. The molecule has 186 valence electrons. The zero-order valence-electron chi connectivity index (χ0n) is 21.0. The highest BCUT2D eigenvalue weighted by Gasteiger charge is 2.31. The van der Waals surface area contributed by atoms with Crippen molar-refractivity contribution >= 4 is 27.5 Å². The van der Waals surface area contributed by atoms with Gasteiger partial charge in [-0.1, -0.05) is 56.3 Å². The fraction of sp³-hybridized carbons (Fsp3) is 0.462. The van der Waals surface area contributed by atoms with Crippen LogP contribution < -0.4 is 9.62 Å². The van der Waals surface area contributed by atoms with E-state index in [1.54, 1.807) is 19.1 Å². The van der Waals surface area contributed by atoms with Crippen LogP contribution in [0.2, 0.25) is 0 Å². The maximum absolute atomic E-state index is 13.6. The molecule has 0 bridgehead atoms. The van der Waals surface area contributed by atoms with Crippen LogP contribution >= 0.6 is 0 Å². The van der Waals surface area contributed by atoms with Gasteiger partial charge in [0.05, 0.1) is 11.9 Å². The SMILES string of the molecule is CCc1ccccc1N(CC(=O)N(Cc1ccccc1C)[C@@H](C)C(=O)N[C@H](C)CC)S(C)(=O)=O. The van der Waals surface area contributed by atoms with Gasteiger partial charge in [0.25, 0.3) is 0 Å². The first-order valence-corrected chi connectivity index (χ1v) is 13.5. The molecule has 0 aliphatic carbocycles. The van der Waals surface area contributed by atoms with Crippen molar-refractivity contribution in [1.82, 2.24) is 10.2 Å². The van der Waals surface area contributed by atoms with Crippen LogP contribution in [0, 0.1) is 6.92 Å². The zero-order valence-corrected chi connectivity index (χ0v) is 21.9. The van der Waals surface area contributed by atoms with E-state index in [1.807, 2.05) is 64.1 Å². The summed E-state index contributed by atoms with van der Waals surface area (Å²) < 4.78 is 26.6. The largest absolute Gasteiger partial charge is 0.352 e. The minimum Gasteiger partial charge on any atom is -0.352 e. The Morgan fingerprint density at radius 3 is 2.12 bits per heavy atom. The zero-order chi connectivity index (χ0) is 25.5. The standard InChI is InChI=1S/C26H37N3O4S/c1-7-20(4)27-26(31)21(5)28(17-23-15-10-9-13-19(23)3)25(30)18-29(34(6,32)33)24-16-12-11-14-22(24)8-2/h9-16,20-21H,7-8,17-18H2,1-6H3,(H,27,31)/t20-,21+/m1/s1. The molecule has 0 aliphatic rings. The fourth-order valence-corrected chi connectivity index (χ4v) is 4.55. The minimum absolute atomic E-state index is 0.0330. The number of carbonyl (C=O) groups is 2. The summed E-state index contributed by atoms with van der Waals surface area (Å²) >= 11 is 0. The molecule has 7 nitrogen and oxygen atoms in total. The Balaban J connectivity index is 2.44. The van der Waals surface area contributed by atoms with Gasteiger partial charge < -0.3 is 10.2 Å². The summed E-state index contributed by atoms with van der Waals surface area (Å²) in [7, 11) is -3.74. The molecule has 0 spiro atoms. The van der Waals surface area contributed by atoms with E-state index in [2.05, 4.69) is 5.32 Å². The normalized spacial score (nSPS) is 13.1. The summed E-state index contributed by atoms with van der Waals surface area (Å²) in [6.45, 7) is 9.26. The Morgan fingerprint density at radius 1 is 0.971 bits per heavy atom. The van der Waals surface area contributed by atoms with Crippen molar-refractivity contribution in [1.29, 1.82) is 0 Å². The van der Waals surface area contributed by atoms with Gasteiger partial charge >= 0.3 is 0 Å². The number of anilines is 1. The van der Waals surface area contributed by atoms with Gasteiger partial charge in [-0.2, -0.15) is 0 Å². The highest BCUT2D eigenvalue weighted by molar-refractivity contribution is 7.92. The first-order chi connectivity index (χ1) is 16.0. The molecule has 0 fully saturated rings. The summed E-state index contributed by atoms with van der Waals surface area (Å²) in [6, 6.07) is 14.0. The molecule has 0 saturated carbocycles. The number of benzene rings is 2. The number of hydrogen-bond acceptors (Lipinski definition) is 4. The number of nitrogens with one attached hydrogen (secondary N) is 1. The molecular weight excluding hydrogens is 450 g/mol. The predicted octanol–water partition coefficient (Wildman–Crippen LogP) is 3.66. The number of amides is 2. The topological polar surface area (TPSA) is 86.8 Å². The molecule has 0 radical (unpaired) electrons. The first-order valence-electron chi connectivity index (χ1n) is 11.7. The summed E-state index contributed by atoms with van der Waals surface area (Å²) in [5.74, 6) is -0.706. The van der Waals surface area contributed by atoms with Crippen molar-refractivity contribution in [3.05, 3.63) is 65.2 Å². The van der Waals surface area contributed by atoms with Gasteiger partial charge in [-0.3, -0.25) is 13.9 Å². The van der Waals surface area contributed by atoms with Crippen LogP contribution in [0.25, 0.3) is 0 Å². The third-order valence-corrected chi connectivity index (χ3v) is 7.22. The van der Waals surface area contributed by atoms with E-state index in [0.29, 0.717) is 12.1 Å². The van der Waals surface area contributed by atoms with Crippen LogP contribution in [0.15, 0.2) is 48.5 Å². The average Bonchev–Trinajstić information content (AvgIpc) is 2.80. The van der Waals surface area contributed by atoms with Crippen molar-refractivity contribution in [3.8, 4) is 0 Å². The van der Waals surface area contributed by atoms with Crippen molar-refractivity contribution in [3.63, 3.8) is 0 Å². The Kier molecular flexibility index (Phi) is 9.67. The Bertz CT molecular complexity index is 1100. The second kappa shape index (κ2) is 12.0. The quantitative estimate of drug-likeness (QED) is 0.524. The molecule has 8 heteroatoms. The van der Waals surface area contributed by atoms with Gasteiger partial charge in [-0.05, 0) is 56.4 Å². The van der Waals surface area contributed by atoms with Crippen LogP contribution in [0.4, 0.5) is 5.69 Å². The maximum atomic E-state index is 13.6. The highest BCUT2D eigenvalue weighted by Crippen LogP contribution is 2.24. The number of aryl methyl sites for hydroxylation is 2. The molecule has 0 unspecified atom stereocenters. The molecule has 2 atom stereocenters. The van der Waals surface area contributed by atoms with Crippen molar-refractivity contribution < 1.29 is 18.0 Å². The summed E-state index contributed by atoms with van der Waals surface area (Å²) in [6.07, 6.45) is 2.48. The van der Waals surface area contributed by atoms with E-state index in [9.17, 15) is 18.0 Å². The van der Waals surface area contributed by atoms with Crippen molar-refractivity contribution in [2.45, 2.75) is 66.1 Å². The maximum Gasteiger partial charge on any atom is 0.244 e. The third kappa shape index (κ3) is 7.06. The second-order valence-corrected chi connectivity index (χ2v) is 10.6. The molecule has 34 heavy (non-hydrogen) atoms. The van der Waals surface area contributed by atoms with Crippen molar-refractivity contribution in [2.75, 3.05) is 17.1 Å². The second-order valence-electron chi connectivity index (χ2n) is 8.69. The number of sulfonamides is 1. The van der Waals surface area contributed by atoms with Gasteiger partial charge in [0.15, 0.2) is 0 Å². The van der Waals surface area contributed by atoms with Crippen LogP contribution in [0.1, 0.15) is 50.8 Å². The van der Waals surface area contributed by atoms with Gasteiger partial charge in [0.1, 0.15) is 12.6 Å². The molecule has 2 rings (SSSR count). The summed E-state index contributed by atoms with van der Waals surface area (Å²) in [4.78, 5) is 28.0. The van der Waals surface area contributed by atoms with Gasteiger partial charge in [0.2, 0.25) is 21.8 Å². The van der Waals surface area contributed by atoms with E-state index >= 15 is 0 Å². The van der Waals surface area contributed by atoms with Crippen LogP contribution in [-0.4, -0.2) is 50.0 Å². The number of hydrogen-bond donors (Lipinski definition) is 1. The van der Waals surface area contributed by atoms with E-state index in [4.69, 9.17) is 0 Å². The first kappa shape index (κ1) is 27.4. The van der Waals surface area contributed by atoms with Crippen molar-refractivity contribution in [2.24, 2.45) is 0 Å². The molecule has 2 amide bonds. The number of nitrogens with zero attached hydrogens (tertiary/aromatic N) is 2. The lowest BCUT2D eigenvalue weighted by Gasteiger charge is -2.32. The smallest absolute Gasteiger partial charge is 0.244 e. The molecule has 0 aliphatic heterocycles. The number of carbonyl (C=O) groups excluding carboxylic acids is 2. The number of rotatable bonds is 11. The van der Waals surface area contributed by atoms with Crippen LogP contribution in [0.5, 0.6) is 0 Å². The van der Waals surface area contributed by atoms with Crippen LogP contribution in [0.3, 0.4) is 0 Å². The molecular formula is C26H37N3O4S. The van der Waals surface area contributed by atoms with E-state index in [-0.39, 0.29) is 25.0 Å². The molecule has 0 heterocycles. The summed E-state index contributed by atoms with van der Waals surface area (Å²) in [5, 5.41) is 2.93. The lowest BCUT2D eigenvalue weighted by molar-refractivity contribution is -0.139. The lowest BCUT2D eigenvalue weighted by Crippen LogP contribution is -2.52. The molecule has 2 aromatic rings. The van der Waals surface area contributed by atoms with Gasteiger partial charge in [-0.15, -0.1) is 0 Å². The molecule has 1 N–H and O–H groups in total. The monoisotopic (exact) mass is 487 g/mol. The molecule has 2 aromatic carbocycles. The average molecular weight is 488 g/mol. The van der Waals surface area contributed by atoms with Gasteiger partial charge in [0, 0.05) is 12.6 Å². The Morgan fingerprint density at radius 2 is 1.56 bits per heavy atom. The third-order valence-electron chi connectivity index (χ3n) is 6.09. The highest BCUT2D eigenvalue weighted by atomic mass is 32.2. The Labute approximate surface area is 204 Å². The van der Waals surface area contributed by atoms with E-state index in [0.717, 1.165) is 33.7 Å².